The maximum Gasteiger partial charge on any atom is 0.253 e. The van der Waals surface area contributed by atoms with Gasteiger partial charge >= 0.3 is 0 Å². The van der Waals surface area contributed by atoms with Gasteiger partial charge in [0.25, 0.3) is 5.91 Å². The number of nitrogens with two attached hydrogens (primary N) is 1. The fourth-order valence-electron chi connectivity index (χ4n) is 2.93. The van der Waals surface area contributed by atoms with Crippen molar-refractivity contribution in [3.63, 3.8) is 0 Å². The molecule has 2 fully saturated rings. The molecule has 1 heterocycles. The van der Waals surface area contributed by atoms with Gasteiger partial charge in [0.15, 0.2) is 5.96 Å². The maximum atomic E-state index is 12.1. The monoisotopic (exact) mass is 458 g/mol. The van der Waals surface area contributed by atoms with E-state index in [0.29, 0.717) is 19.1 Å². The summed E-state index contributed by atoms with van der Waals surface area (Å²) in [5.74, 6) is 1.15. The molecule has 1 atom stereocenters. The molecule has 1 saturated carbocycles. The zero-order chi connectivity index (χ0) is 16.8. The third-order valence-corrected chi connectivity index (χ3v) is 4.65. The summed E-state index contributed by atoms with van der Waals surface area (Å²) in [7, 11) is 0. The summed E-state index contributed by atoms with van der Waals surface area (Å²) < 4.78 is 5.40. The minimum atomic E-state index is -0.321. The van der Waals surface area contributed by atoms with E-state index in [1.54, 1.807) is 0 Å². The maximum absolute atomic E-state index is 12.1. The molecule has 138 valence electrons. The lowest BCUT2D eigenvalue weighted by atomic mass is 9.85. The van der Waals surface area contributed by atoms with Gasteiger partial charge in [-0.05, 0) is 49.3 Å². The third kappa shape index (κ3) is 6.14. The highest BCUT2D eigenvalue weighted by Gasteiger charge is 2.23. The van der Waals surface area contributed by atoms with Gasteiger partial charge in [0.1, 0.15) is 6.10 Å². The molecule has 1 unspecified atom stereocenters. The molecule has 0 spiro atoms. The summed E-state index contributed by atoms with van der Waals surface area (Å²) in [6.07, 6.45) is 5.31. The van der Waals surface area contributed by atoms with E-state index in [-0.39, 0.29) is 36.0 Å². The number of hydrogen-bond acceptors (Lipinski definition) is 3. The molecule has 0 bridgehead atoms. The second-order valence-electron chi connectivity index (χ2n) is 6.57. The molecule has 0 radical (unpaired) electrons. The van der Waals surface area contributed by atoms with Crippen LogP contribution in [0.1, 0.15) is 37.7 Å². The first-order valence-corrected chi connectivity index (χ1v) is 8.76. The number of carbonyl (C=O) groups excluding carboxylic acids is 1. The van der Waals surface area contributed by atoms with Crippen LogP contribution in [0.5, 0.6) is 0 Å². The van der Waals surface area contributed by atoms with Crippen LogP contribution in [0.15, 0.2) is 29.3 Å². The van der Waals surface area contributed by atoms with E-state index in [0.717, 1.165) is 36.6 Å². The quantitative estimate of drug-likeness (QED) is 0.348. The number of hydrogen-bond donors (Lipinski definition) is 3. The molecule has 1 amide bonds. The molecule has 1 aromatic rings. The number of ether oxygens (including phenoxy) is 1. The molecule has 3 rings (SSSR count). The standard InChI is InChI=1S/C18H26N4O2.HI/c19-18(20-11-13-4-1-5-13)21-12-14-6-2-7-15(10-14)22-17(23)16-8-3-9-24-16;/h2,6-7,10,13,16H,1,3-5,8-9,11-12H2,(H,22,23)(H3,19,20,21);1H. The fourth-order valence-corrected chi connectivity index (χ4v) is 2.93. The van der Waals surface area contributed by atoms with Gasteiger partial charge < -0.3 is 21.1 Å². The molecule has 1 aliphatic carbocycles. The van der Waals surface area contributed by atoms with Crippen molar-refractivity contribution >= 4 is 41.5 Å². The van der Waals surface area contributed by atoms with Crippen LogP contribution in [0.2, 0.25) is 0 Å². The van der Waals surface area contributed by atoms with Gasteiger partial charge in [0.2, 0.25) is 0 Å². The Balaban J connectivity index is 0.00000225. The van der Waals surface area contributed by atoms with Crippen LogP contribution in [-0.4, -0.2) is 31.1 Å². The second-order valence-corrected chi connectivity index (χ2v) is 6.57. The summed E-state index contributed by atoms with van der Waals surface area (Å²) in [4.78, 5) is 16.4. The van der Waals surface area contributed by atoms with Gasteiger partial charge in [-0.1, -0.05) is 18.6 Å². The summed E-state index contributed by atoms with van der Waals surface area (Å²) >= 11 is 0. The molecule has 2 aliphatic rings. The minimum Gasteiger partial charge on any atom is -0.370 e. The molecule has 1 aliphatic heterocycles. The topological polar surface area (TPSA) is 88.7 Å². The Hall–Kier alpha value is -1.35. The number of halogens is 1. The predicted octanol–water partition coefficient (Wildman–Crippen LogP) is 2.63. The van der Waals surface area contributed by atoms with E-state index >= 15 is 0 Å². The van der Waals surface area contributed by atoms with E-state index in [2.05, 4.69) is 15.6 Å². The van der Waals surface area contributed by atoms with Crippen LogP contribution in [-0.2, 0) is 16.1 Å². The molecule has 1 saturated heterocycles. The third-order valence-electron chi connectivity index (χ3n) is 4.65. The molecular weight excluding hydrogens is 431 g/mol. The van der Waals surface area contributed by atoms with E-state index in [9.17, 15) is 4.79 Å². The number of rotatable bonds is 6. The molecule has 6 nitrogen and oxygen atoms in total. The summed E-state index contributed by atoms with van der Waals surface area (Å²) in [5.41, 5.74) is 7.68. The van der Waals surface area contributed by atoms with Crippen molar-refractivity contribution in [2.24, 2.45) is 16.6 Å². The summed E-state index contributed by atoms with van der Waals surface area (Å²) in [6, 6.07) is 7.69. The number of carbonyl (C=O) groups is 1. The van der Waals surface area contributed by atoms with Crippen molar-refractivity contribution in [3.05, 3.63) is 29.8 Å². The average Bonchev–Trinajstić information content (AvgIpc) is 3.06. The highest BCUT2D eigenvalue weighted by atomic mass is 127. The zero-order valence-corrected chi connectivity index (χ0v) is 16.7. The van der Waals surface area contributed by atoms with E-state index in [1.807, 2.05) is 24.3 Å². The van der Waals surface area contributed by atoms with Gasteiger partial charge in [-0.3, -0.25) is 4.79 Å². The van der Waals surface area contributed by atoms with Crippen molar-refractivity contribution in [1.29, 1.82) is 0 Å². The Morgan fingerprint density at radius 1 is 1.28 bits per heavy atom. The molecule has 1 aromatic carbocycles. The number of guanidine groups is 1. The molecule has 4 N–H and O–H groups in total. The van der Waals surface area contributed by atoms with Crippen molar-refractivity contribution in [3.8, 4) is 0 Å². The first-order chi connectivity index (χ1) is 11.7. The normalized spacial score (nSPS) is 20.5. The number of benzene rings is 1. The average molecular weight is 458 g/mol. The van der Waals surface area contributed by atoms with E-state index in [4.69, 9.17) is 10.5 Å². The fraction of sp³-hybridized carbons (Fsp3) is 0.556. The first kappa shape index (κ1) is 20.0. The van der Waals surface area contributed by atoms with Crippen molar-refractivity contribution < 1.29 is 9.53 Å². The second kappa shape index (κ2) is 9.96. The van der Waals surface area contributed by atoms with Crippen molar-refractivity contribution in [2.75, 3.05) is 18.5 Å². The van der Waals surface area contributed by atoms with Gasteiger partial charge in [0.05, 0.1) is 6.54 Å². The van der Waals surface area contributed by atoms with Crippen LogP contribution in [0.25, 0.3) is 0 Å². The van der Waals surface area contributed by atoms with Crippen molar-refractivity contribution in [1.82, 2.24) is 5.32 Å². The van der Waals surface area contributed by atoms with Crippen molar-refractivity contribution in [2.45, 2.75) is 44.8 Å². The minimum absolute atomic E-state index is 0. The van der Waals surface area contributed by atoms with Gasteiger partial charge in [-0.2, -0.15) is 0 Å². The SMILES string of the molecule is I.NC(=NCc1cccc(NC(=O)C2CCCO2)c1)NCC1CCC1. The summed E-state index contributed by atoms with van der Waals surface area (Å²) in [5, 5.41) is 6.09. The highest BCUT2D eigenvalue weighted by molar-refractivity contribution is 14.0. The lowest BCUT2D eigenvalue weighted by Crippen LogP contribution is -2.37. The molecular formula is C18H27IN4O2. The number of nitrogens with zero attached hydrogens (tertiary/aromatic N) is 1. The van der Waals surface area contributed by atoms with Crippen LogP contribution in [0.3, 0.4) is 0 Å². The van der Waals surface area contributed by atoms with Gasteiger partial charge in [0, 0.05) is 18.8 Å². The highest BCUT2D eigenvalue weighted by Crippen LogP contribution is 2.25. The van der Waals surface area contributed by atoms with Crippen LogP contribution in [0.4, 0.5) is 5.69 Å². The van der Waals surface area contributed by atoms with Crippen LogP contribution >= 0.6 is 24.0 Å². The number of aliphatic imine (C=N–C) groups is 1. The molecule has 0 aromatic heterocycles. The first-order valence-electron chi connectivity index (χ1n) is 8.76. The Kier molecular flexibility index (Phi) is 7.95. The van der Waals surface area contributed by atoms with Crippen LogP contribution in [0, 0.1) is 5.92 Å². The molecule has 25 heavy (non-hydrogen) atoms. The van der Waals surface area contributed by atoms with Gasteiger partial charge in [-0.15, -0.1) is 24.0 Å². The lowest BCUT2D eigenvalue weighted by molar-refractivity contribution is -0.124. The van der Waals surface area contributed by atoms with Crippen LogP contribution < -0.4 is 16.4 Å². The largest absolute Gasteiger partial charge is 0.370 e. The lowest BCUT2D eigenvalue weighted by Gasteiger charge is -2.25. The predicted molar refractivity (Wildman–Crippen MR) is 110 cm³/mol. The number of anilines is 1. The Labute approximate surface area is 166 Å². The molecule has 7 heteroatoms. The van der Waals surface area contributed by atoms with E-state index in [1.165, 1.54) is 19.3 Å². The smallest absolute Gasteiger partial charge is 0.253 e. The number of amides is 1. The Morgan fingerprint density at radius 3 is 2.80 bits per heavy atom. The van der Waals surface area contributed by atoms with Gasteiger partial charge in [-0.25, -0.2) is 4.99 Å². The Bertz CT molecular complexity index is 598. The summed E-state index contributed by atoms with van der Waals surface area (Å²) in [6.45, 7) is 2.07. The van der Waals surface area contributed by atoms with E-state index < -0.39 is 0 Å². The number of nitrogens with one attached hydrogen (secondary N) is 2. The Morgan fingerprint density at radius 2 is 2.12 bits per heavy atom. The zero-order valence-electron chi connectivity index (χ0n) is 14.4.